The highest BCUT2D eigenvalue weighted by atomic mass is 32.2. The molecule has 21 heavy (non-hydrogen) atoms. The number of halogens is 1. The largest absolute Gasteiger partial charge is 0.386 e. The molecule has 2 unspecified atom stereocenters. The van der Waals surface area contributed by atoms with E-state index >= 15 is 0 Å². The fraction of sp³-hybridized carbons (Fsp3) is 0.438. The van der Waals surface area contributed by atoms with Gasteiger partial charge in [-0.2, -0.15) is 11.8 Å². The first kappa shape index (κ1) is 16.0. The molecule has 0 aliphatic carbocycles. The zero-order valence-electron chi connectivity index (χ0n) is 12.0. The summed E-state index contributed by atoms with van der Waals surface area (Å²) in [5.74, 6) is 1.60. The van der Waals surface area contributed by atoms with Crippen molar-refractivity contribution in [3.05, 3.63) is 47.3 Å². The van der Waals surface area contributed by atoms with Crippen molar-refractivity contribution in [1.82, 2.24) is 5.32 Å². The molecule has 5 heteroatoms. The first-order valence-electron chi connectivity index (χ1n) is 7.07. The smallest absolute Gasteiger partial charge is 0.244 e. The van der Waals surface area contributed by atoms with Crippen molar-refractivity contribution in [2.24, 2.45) is 0 Å². The Hall–Kier alpha value is -1.33. The van der Waals surface area contributed by atoms with Crippen LogP contribution in [-0.2, 0) is 4.79 Å². The van der Waals surface area contributed by atoms with E-state index in [0.29, 0.717) is 5.56 Å². The fourth-order valence-electron chi connectivity index (χ4n) is 2.26. The van der Waals surface area contributed by atoms with Gasteiger partial charge in [-0.3, -0.25) is 4.79 Å². The maximum Gasteiger partial charge on any atom is 0.244 e. The van der Waals surface area contributed by atoms with E-state index in [1.807, 2.05) is 11.8 Å². The number of hydrogen-bond acceptors (Lipinski definition) is 3. The minimum Gasteiger partial charge on any atom is -0.386 e. The highest BCUT2D eigenvalue weighted by molar-refractivity contribution is 7.99. The molecule has 3 nitrogen and oxygen atoms in total. The standard InChI is InChI=1S/C16H20FNO2S/c1-11(16(20)13-2-4-14(17)5-3-13)18-15(19)10-12-6-8-21-9-7-12/h2-5,10-11,16,20H,6-9H2,1H3,(H,18,19). The Morgan fingerprint density at radius 2 is 1.95 bits per heavy atom. The van der Waals surface area contributed by atoms with E-state index < -0.39 is 12.1 Å². The predicted molar refractivity (Wildman–Crippen MR) is 83.6 cm³/mol. The fourth-order valence-corrected chi connectivity index (χ4v) is 3.27. The van der Waals surface area contributed by atoms with Crippen LogP contribution < -0.4 is 5.32 Å². The third-order valence-corrected chi connectivity index (χ3v) is 4.51. The Morgan fingerprint density at radius 3 is 2.57 bits per heavy atom. The lowest BCUT2D eigenvalue weighted by atomic mass is 10.0. The SMILES string of the molecule is CC(NC(=O)C=C1CCSCC1)C(O)c1ccc(F)cc1. The molecule has 0 spiro atoms. The maximum atomic E-state index is 12.9. The zero-order valence-corrected chi connectivity index (χ0v) is 12.8. The summed E-state index contributed by atoms with van der Waals surface area (Å²) in [7, 11) is 0. The van der Waals surface area contributed by atoms with E-state index in [9.17, 15) is 14.3 Å². The molecule has 2 rings (SSSR count). The Bertz CT molecular complexity index is 508. The van der Waals surface area contributed by atoms with Crippen molar-refractivity contribution >= 4 is 17.7 Å². The van der Waals surface area contributed by atoms with Crippen molar-refractivity contribution in [2.75, 3.05) is 11.5 Å². The van der Waals surface area contributed by atoms with Gasteiger partial charge in [-0.05, 0) is 49.0 Å². The van der Waals surface area contributed by atoms with Crippen molar-refractivity contribution in [3.8, 4) is 0 Å². The molecule has 1 aromatic rings. The number of rotatable bonds is 4. The van der Waals surface area contributed by atoms with Gasteiger partial charge in [0, 0.05) is 6.08 Å². The molecular weight excluding hydrogens is 289 g/mol. The van der Waals surface area contributed by atoms with Gasteiger partial charge in [0.2, 0.25) is 5.91 Å². The normalized spacial score (nSPS) is 18.0. The Kier molecular flexibility index (Phi) is 5.82. The Morgan fingerprint density at radius 1 is 1.33 bits per heavy atom. The zero-order chi connectivity index (χ0) is 15.2. The lowest BCUT2D eigenvalue weighted by Gasteiger charge is -2.20. The molecule has 1 aliphatic rings. The van der Waals surface area contributed by atoms with Crippen LogP contribution in [0.1, 0.15) is 31.4 Å². The van der Waals surface area contributed by atoms with Gasteiger partial charge < -0.3 is 10.4 Å². The molecule has 1 aromatic carbocycles. The number of benzene rings is 1. The number of aliphatic hydroxyl groups excluding tert-OH is 1. The molecule has 2 N–H and O–H groups in total. The first-order chi connectivity index (χ1) is 10.1. The minimum atomic E-state index is -0.852. The van der Waals surface area contributed by atoms with E-state index in [1.54, 1.807) is 13.0 Å². The van der Waals surface area contributed by atoms with Crippen molar-refractivity contribution in [2.45, 2.75) is 31.9 Å². The lowest BCUT2D eigenvalue weighted by Crippen LogP contribution is -2.36. The topological polar surface area (TPSA) is 49.3 Å². The van der Waals surface area contributed by atoms with E-state index in [0.717, 1.165) is 29.9 Å². The number of hydrogen-bond donors (Lipinski definition) is 2. The van der Waals surface area contributed by atoms with E-state index in [2.05, 4.69) is 5.32 Å². The predicted octanol–water partition coefficient (Wildman–Crippen LogP) is 2.82. The van der Waals surface area contributed by atoms with E-state index in [-0.39, 0.29) is 11.7 Å². The Labute approximate surface area is 128 Å². The van der Waals surface area contributed by atoms with Gasteiger partial charge in [0.1, 0.15) is 5.82 Å². The summed E-state index contributed by atoms with van der Waals surface area (Å²) in [5, 5.41) is 12.9. The second kappa shape index (κ2) is 7.61. The van der Waals surface area contributed by atoms with Gasteiger partial charge in [0.05, 0.1) is 12.1 Å². The molecule has 0 bridgehead atoms. The van der Waals surface area contributed by atoms with Crippen LogP contribution in [-0.4, -0.2) is 28.6 Å². The summed E-state index contributed by atoms with van der Waals surface area (Å²) in [4.78, 5) is 11.9. The molecule has 1 amide bonds. The monoisotopic (exact) mass is 309 g/mol. The third kappa shape index (κ3) is 4.86. The summed E-state index contributed by atoms with van der Waals surface area (Å²) >= 11 is 1.90. The second-order valence-corrected chi connectivity index (χ2v) is 6.43. The number of nitrogens with one attached hydrogen (secondary N) is 1. The van der Waals surface area contributed by atoms with Gasteiger partial charge in [0.15, 0.2) is 0 Å². The highest BCUT2D eigenvalue weighted by Crippen LogP contribution is 2.22. The van der Waals surface area contributed by atoms with Gasteiger partial charge in [0.25, 0.3) is 0 Å². The van der Waals surface area contributed by atoms with Gasteiger partial charge in [-0.15, -0.1) is 0 Å². The number of carbonyl (C=O) groups excluding carboxylic acids is 1. The molecule has 1 fully saturated rings. The number of aliphatic hydroxyl groups is 1. The summed E-state index contributed by atoms with van der Waals surface area (Å²) in [5.41, 5.74) is 1.75. The molecule has 0 radical (unpaired) electrons. The van der Waals surface area contributed by atoms with E-state index in [4.69, 9.17) is 0 Å². The molecule has 1 aliphatic heterocycles. The van der Waals surface area contributed by atoms with Gasteiger partial charge in [-0.1, -0.05) is 17.7 Å². The molecule has 1 heterocycles. The minimum absolute atomic E-state index is 0.175. The first-order valence-corrected chi connectivity index (χ1v) is 8.23. The van der Waals surface area contributed by atoms with Gasteiger partial charge in [-0.25, -0.2) is 4.39 Å². The van der Waals surface area contributed by atoms with Crippen LogP contribution in [0.15, 0.2) is 35.9 Å². The molecule has 1 saturated heterocycles. The summed E-state index contributed by atoms with van der Waals surface area (Å²) in [6.45, 7) is 1.74. The van der Waals surface area contributed by atoms with E-state index in [1.165, 1.54) is 24.3 Å². The third-order valence-electron chi connectivity index (χ3n) is 3.53. The van der Waals surface area contributed by atoms with Crippen LogP contribution in [0.4, 0.5) is 4.39 Å². The Balaban J connectivity index is 1.92. The van der Waals surface area contributed by atoms with Gasteiger partial charge >= 0.3 is 0 Å². The molecular formula is C16H20FNO2S. The van der Waals surface area contributed by atoms with Crippen LogP contribution in [0.3, 0.4) is 0 Å². The summed E-state index contributed by atoms with van der Waals surface area (Å²) < 4.78 is 12.9. The molecule has 114 valence electrons. The second-order valence-electron chi connectivity index (χ2n) is 5.21. The summed E-state index contributed by atoms with van der Waals surface area (Å²) in [6, 6.07) is 5.22. The number of carbonyl (C=O) groups is 1. The van der Waals surface area contributed by atoms with Crippen molar-refractivity contribution < 1.29 is 14.3 Å². The highest BCUT2D eigenvalue weighted by Gasteiger charge is 2.18. The number of amides is 1. The average Bonchev–Trinajstić information content (AvgIpc) is 2.48. The van der Waals surface area contributed by atoms with Crippen LogP contribution in [0.5, 0.6) is 0 Å². The molecule has 2 atom stereocenters. The number of thioether (sulfide) groups is 1. The number of allylic oxidation sites excluding steroid dienone is 1. The maximum absolute atomic E-state index is 12.9. The molecule has 0 aromatic heterocycles. The van der Waals surface area contributed by atoms with Crippen LogP contribution in [0.25, 0.3) is 0 Å². The molecule has 0 saturated carbocycles. The average molecular weight is 309 g/mol. The van der Waals surface area contributed by atoms with Crippen molar-refractivity contribution in [3.63, 3.8) is 0 Å². The van der Waals surface area contributed by atoms with Crippen LogP contribution >= 0.6 is 11.8 Å². The van der Waals surface area contributed by atoms with Crippen molar-refractivity contribution in [1.29, 1.82) is 0 Å². The summed E-state index contributed by atoms with van der Waals surface area (Å²) in [6.07, 6.45) is 2.70. The van der Waals surface area contributed by atoms with Crippen LogP contribution in [0, 0.1) is 5.82 Å². The quantitative estimate of drug-likeness (QED) is 0.841. The van der Waals surface area contributed by atoms with Crippen LogP contribution in [0.2, 0.25) is 0 Å². The lowest BCUT2D eigenvalue weighted by molar-refractivity contribution is -0.117.